The number of carbonyl (C=O) groups excluding carboxylic acids is 2. The number of nitriles is 1. The number of alkyl halides is 3. The minimum atomic E-state index is -4.67. The van der Waals surface area contributed by atoms with Gasteiger partial charge in [0.15, 0.2) is 0 Å². The van der Waals surface area contributed by atoms with Crippen LogP contribution < -0.4 is 4.90 Å². The highest BCUT2D eigenvalue weighted by Crippen LogP contribution is 2.45. The van der Waals surface area contributed by atoms with E-state index in [4.69, 9.17) is 23.2 Å². The molecule has 1 aromatic heterocycles. The number of hydrogen-bond acceptors (Lipinski definition) is 5. The highest BCUT2D eigenvalue weighted by molar-refractivity contribution is 8.00. The van der Waals surface area contributed by atoms with Gasteiger partial charge in [0.25, 0.3) is 0 Å². The van der Waals surface area contributed by atoms with Crippen LogP contribution in [-0.4, -0.2) is 22.0 Å². The summed E-state index contributed by atoms with van der Waals surface area (Å²) in [5.41, 5.74) is 1.05. The molecule has 1 saturated heterocycles. The number of benzene rings is 2. The lowest BCUT2D eigenvalue weighted by Crippen LogP contribution is -2.31. The number of hydrogen-bond donors (Lipinski definition) is 0. The maximum absolute atomic E-state index is 13.3. The lowest BCUT2D eigenvalue weighted by molar-refractivity contribution is -0.137. The first-order valence-corrected chi connectivity index (χ1v) is 12.8. The normalized spacial score (nSPS) is 17.8. The molecule has 37 heavy (non-hydrogen) atoms. The van der Waals surface area contributed by atoms with E-state index in [1.165, 1.54) is 0 Å². The van der Waals surface area contributed by atoms with E-state index in [0.29, 0.717) is 26.6 Å². The summed E-state index contributed by atoms with van der Waals surface area (Å²) in [6.07, 6.45) is -3.05. The van der Waals surface area contributed by atoms with Crippen LogP contribution in [0.15, 0.2) is 53.6 Å². The zero-order valence-electron chi connectivity index (χ0n) is 18.9. The summed E-state index contributed by atoms with van der Waals surface area (Å²) in [5, 5.41) is 9.70. The third kappa shape index (κ3) is 5.06. The van der Waals surface area contributed by atoms with E-state index in [9.17, 15) is 28.0 Å². The van der Waals surface area contributed by atoms with Gasteiger partial charge in [-0.1, -0.05) is 47.1 Å². The minimum Gasteiger partial charge on any atom is -0.274 e. The molecule has 11 heteroatoms. The second-order valence-electron chi connectivity index (χ2n) is 8.71. The molecule has 5 nitrogen and oxygen atoms in total. The quantitative estimate of drug-likeness (QED) is 0.307. The van der Waals surface area contributed by atoms with Crippen molar-refractivity contribution in [2.24, 2.45) is 0 Å². The first kappa shape index (κ1) is 25.6. The van der Waals surface area contributed by atoms with Crippen molar-refractivity contribution in [3.63, 3.8) is 0 Å². The predicted octanol–water partition coefficient (Wildman–Crippen LogP) is 7.25. The molecule has 188 valence electrons. The maximum Gasteiger partial charge on any atom is 0.416 e. The fourth-order valence-electron chi connectivity index (χ4n) is 4.12. The van der Waals surface area contributed by atoms with E-state index in [1.54, 1.807) is 24.3 Å². The molecular formula is C26H16Cl2F3N3O2S. The fourth-order valence-corrected chi connectivity index (χ4v) is 5.58. The number of halogens is 5. The standard InChI is InChI=1S/C26H16Cl2F3N3O2S/c27-16-6-3-13(4-7-16)17-10-20(14-1-2-14)33-24(18(17)12-32)37-22-11-23(35)34(25(22)36)21-9-15(26(29,30)31)5-8-19(21)28/h3-10,14,22H,1-2,11H2/t22-/m1/s1. The van der Waals surface area contributed by atoms with Crippen LogP contribution in [0.5, 0.6) is 0 Å². The Morgan fingerprint density at radius 2 is 1.76 bits per heavy atom. The Hall–Kier alpha value is -3.06. The van der Waals surface area contributed by atoms with Crippen LogP contribution in [0.3, 0.4) is 0 Å². The summed E-state index contributed by atoms with van der Waals surface area (Å²) in [5.74, 6) is -1.16. The van der Waals surface area contributed by atoms with Gasteiger partial charge in [0.1, 0.15) is 11.1 Å². The van der Waals surface area contributed by atoms with Gasteiger partial charge in [-0.2, -0.15) is 18.4 Å². The molecule has 0 bridgehead atoms. The summed E-state index contributed by atoms with van der Waals surface area (Å²) in [6, 6.07) is 13.5. The zero-order chi connectivity index (χ0) is 26.5. The molecule has 0 unspecified atom stereocenters. The molecule has 1 saturated carbocycles. The first-order valence-electron chi connectivity index (χ1n) is 11.2. The molecule has 1 aliphatic carbocycles. The van der Waals surface area contributed by atoms with E-state index in [2.05, 4.69) is 11.1 Å². The fraction of sp³-hybridized carbons (Fsp3) is 0.231. The van der Waals surface area contributed by atoms with Crippen molar-refractivity contribution < 1.29 is 22.8 Å². The Bertz CT molecular complexity index is 1470. The van der Waals surface area contributed by atoms with Gasteiger partial charge >= 0.3 is 6.18 Å². The van der Waals surface area contributed by atoms with Crippen molar-refractivity contribution in [2.75, 3.05) is 4.90 Å². The Labute approximate surface area is 224 Å². The van der Waals surface area contributed by atoms with Crippen molar-refractivity contribution in [3.05, 3.63) is 75.4 Å². The van der Waals surface area contributed by atoms with Gasteiger partial charge in [-0.15, -0.1) is 0 Å². The van der Waals surface area contributed by atoms with Crippen LogP contribution >= 0.6 is 35.0 Å². The van der Waals surface area contributed by atoms with Gasteiger partial charge in [0.05, 0.1) is 27.1 Å². The van der Waals surface area contributed by atoms with Gasteiger partial charge in [0, 0.05) is 28.6 Å². The second kappa shape index (κ2) is 9.67. The molecule has 2 aromatic carbocycles. The molecule has 2 heterocycles. The number of imide groups is 1. The molecule has 2 amide bonds. The molecule has 5 rings (SSSR count). The second-order valence-corrected chi connectivity index (χ2v) is 10.7. The number of anilines is 1. The molecule has 1 aliphatic heterocycles. The lowest BCUT2D eigenvalue weighted by atomic mass is 10.0. The predicted molar refractivity (Wildman–Crippen MR) is 135 cm³/mol. The summed E-state index contributed by atoms with van der Waals surface area (Å²) in [7, 11) is 0. The van der Waals surface area contributed by atoms with E-state index in [0.717, 1.165) is 48.0 Å². The maximum atomic E-state index is 13.3. The molecule has 0 spiro atoms. The Morgan fingerprint density at radius 3 is 2.38 bits per heavy atom. The van der Waals surface area contributed by atoms with Gasteiger partial charge in [0.2, 0.25) is 11.8 Å². The molecule has 3 aromatic rings. The number of aromatic nitrogens is 1. The smallest absolute Gasteiger partial charge is 0.274 e. The van der Waals surface area contributed by atoms with Crippen LogP contribution in [0, 0.1) is 11.3 Å². The van der Waals surface area contributed by atoms with Gasteiger partial charge in [-0.3, -0.25) is 9.59 Å². The number of thioether (sulfide) groups is 1. The Balaban J connectivity index is 1.51. The van der Waals surface area contributed by atoms with Gasteiger partial charge in [-0.05, 0) is 54.8 Å². The summed E-state index contributed by atoms with van der Waals surface area (Å²) in [6.45, 7) is 0. The largest absolute Gasteiger partial charge is 0.416 e. The average Bonchev–Trinajstić information content (AvgIpc) is 3.66. The van der Waals surface area contributed by atoms with Crippen molar-refractivity contribution in [2.45, 2.75) is 41.6 Å². The van der Waals surface area contributed by atoms with Crippen LogP contribution in [0.2, 0.25) is 10.0 Å². The number of rotatable bonds is 5. The average molecular weight is 562 g/mol. The number of pyridine rings is 1. The SMILES string of the molecule is N#Cc1c(-c2ccc(Cl)cc2)cc(C2CC2)nc1S[C@@H]1CC(=O)N(c2cc(C(F)(F)F)ccc2Cl)C1=O. The van der Waals surface area contributed by atoms with Crippen LogP contribution in [0.25, 0.3) is 11.1 Å². The zero-order valence-corrected chi connectivity index (χ0v) is 21.2. The summed E-state index contributed by atoms with van der Waals surface area (Å²) >= 11 is 13.1. The Morgan fingerprint density at radius 1 is 1.05 bits per heavy atom. The Kier molecular flexibility index (Phi) is 6.69. The van der Waals surface area contributed by atoms with E-state index in [1.807, 2.05) is 6.07 Å². The van der Waals surface area contributed by atoms with Crippen LogP contribution in [0.1, 0.15) is 42.0 Å². The third-order valence-electron chi connectivity index (χ3n) is 6.14. The molecular weight excluding hydrogens is 546 g/mol. The van der Waals surface area contributed by atoms with E-state index in [-0.39, 0.29) is 28.6 Å². The highest BCUT2D eigenvalue weighted by Gasteiger charge is 2.43. The molecule has 0 N–H and O–H groups in total. The lowest BCUT2D eigenvalue weighted by Gasteiger charge is -2.18. The topological polar surface area (TPSA) is 74.1 Å². The van der Waals surface area contributed by atoms with Crippen molar-refractivity contribution in [3.8, 4) is 17.2 Å². The molecule has 1 atom stereocenters. The van der Waals surface area contributed by atoms with Gasteiger partial charge in [-0.25, -0.2) is 9.88 Å². The summed E-state index contributed by atoms with van der Waals surface area (Å²) in [4.78, 5) is 31.4. The number of carbonyl (C=O) groups is 2. The minimum absolute atomic E-state index is 0.156. The first-order chi connectivity index (χ1) is 17.6. The highest BCUT2D eigenvalue weighted by atomic mass is 35.5. The number of nitrogens with zero attached hydrogens (tertiary/aromatic N) is 3. The van der Waals surface area contributed by atoms with Crippen LogP contribution in [0.4, 0.5) is 18.9 Å². The third-order valence-corrected chi connectivity index (χ3v) is 7.89. The summed E-state index contributed by atoms with van der Waals surface area (Å²) < 4.78 is 39.8. The van der Waals surface area contributed by atoms with E-state index >= 15 is 0 Å². The molecule has 0 radical (unpaired) electrons. The van der Waals surface area contributed by atoms with Crippen molar-refractivity contribution in [1.82, 2.24) is 4.98 Å². The van der Waals surface area contributed by atoms with E-state index < -0.39 is 28.8 Å². The number of amides is 2. The van der Waals surface area contributed by atoms with Gasteiger partial charge < -0.3 is 0 Å². The van der Waals surface area contributed by atoms with Crippen LogP contribution in [-0.2, 0) is 15.8 Å². The van der Waals surface area contributed by atoms with Crippen molar-refractivity contribution >= 4 is 52.5 Å². The molecule has 2 fully saturated rings. The molecule has 2 aliphatic rings. The van der Waals surface area contributed by atoms with Crippen molar-refractivity contribution in [1.29, 1.82) is 5.26 Å². The monoisotopic (exact) mass is 561 g/mol.